The highest BCUT2D eigenvalue weighted by atomic mass is 32.2. The number of nitrogens with one attached hydrogen (secondary N) is 1. The Morgan fingerprint density at radius 3 is 2.58 bits per heavy atom. The molecule has 0 bridgehead atoms. The number of fused-ring (bicyclic) bond motifs is 1. The summed E-state index contributed by atoms with van der Waals surface area (Å²) in [4.78, 5) is 18.5. The number of rotatable bonds is 6. The smallest absolute Gasteiger partial charge is 0.240 e. The molecule has 1 aromatic heterocycles. The van der Waals surface area contributed by atoms with Crippen LogP contribution in [0.25, 0.3) is 10.2 Å². The first-order valence-electron chi connectivity index (χ1n) is 9.91. The van der Waals surface area contributed by atoms with E-state index in [-0.39, 0.29) is 23.8 Å². The number of carbonyl (C=O) groups is 1. The average molecular weight is 466 g/mol. The summed E-state index contributed by atoms with van der Waals surface area (Å²) in [6.07, 6.45) is 1.62. The molecule has 1 fully saturated rings. The lowest BCUT2D eigenvalue weighted by Gasteiger charge is -2.31. The maximum atomic E-state index is 13.3. The normalized spacial score (nSPS) is 15.5. The van der Waals surface area contributed by atoms with Crippen molar-refractivity contribution < 1.29 is 22.0 Å². The van der Waals surface area contributed by atoms with Gasteiger partial charge in [-0.05, 0) is 43.2 Å². The number of nitrogens with zero attached hydrogens (tertiary/aromatic N) is 2. The van der Waals surface area contributed by atoms with Crippen molar-refractivity contribution in [3.63, 3.8) is 0 Å². The van der Waals surface area contributed by atoms with E-state index in [2.05, 4.69) is 10.8 Å². The second kappa shape index (κ2) is 8.97. The van der Waals surface area contributed by atoms with Crippen LogP contribution in [0, 0.1) is 11.6 Å². The zero-order valence-electron chi connectivity index (χ0n) is 16.6. The lowest BCUT2D eigenvalue weighted by molar-refractivity contribution is -0.132. The van der Waals surface area contributed by atoms with Gasteiger partial charge in [0.1, 0.15) is 0 Å². The lowest BCUT2D eigenvalue weighted by Crippen LogP contribution is -2.39. The summed E-state index contributed by atoms with van der Waals surface area (Å²) in [6, 6.07) is 10.4. The Hall–Kier alpha value is -2.43. The number of piperidine rings is 1. The summed E-state index contributed by atoms with van der Waals surface area (Å²) in [7, 11) is -4.02. The Morgan fingerprint density at radius 2 is 1.87 bits per heavy atom. The van der Waals surface area contributed by atoms with Crippen LogP contribution in [0.4, 0.5) is 8.78 Å². The van der Waals surface area contributed by atoms with Gasteiger partial charge in [-0.2, -0.15) is 0 Å². The molecule has 1 N–H and O–H groups in total. The third kappa shape index (κ3) is 4.91. The quantitative estimate of drug-likeness (QED) is 0.603. The zero-order valence-corrected chi connectivity index (χ0v) is 18.2. The van der Waals surface area contributed by atoms with Gasteiger partial charge < -0.3 is 4.90 Å². The summed E-state index contributed by atoms with van der Waals surface area (Å²) in [6.45, 7) is 1.07. The van der Waals surface area contributed by atoms with E-state index < -0.39 is 21.7 Å². The van der Waals surface area contributed by atoms with Crippen LogP contribution in [0.2, 0.25) is 0 Å². The van der Waals surface area contributed by atoms with E-state index >= 15 is 0 Å². The molecule has 2 heterocycles. The standard InChI is InChI=1S/C21H21F2N3O3S2/c22-16-6-5-15(13-17(16)23)31(28,29)24-10-7-20(27)26-11-8-14(9-12-26)21-25-18-3-1-2-4-19(18)30-21/h1-6,13-14,24H,7-12H2. The first kappa shape index (κ1) is 21.8. The van der Waals surface area contributed by atoms with E-state index in [0.717, 1.165) is 40.2 Å². The lowest BCUT2D eigenvalue weighted by atomic mass is 9.97. The highest BCUT2D eigenvalue weighted by molar-refractivity contribution is 7.89. The van der Waals surface area contributed by atoms with E-state index in [1.165, 1.54) is 0 Å². The van der Waals surface area contributed by atoms with Gasteiger partial charge in [-0.3, -0.25) is 4.79 Å². The second-order valence-electron chi connectivity index (χ2n) is 7.40. The number of hydrogen-bond donors (Lipinski definition) is 1. The highest BCUT2D eigenvalue weighted by Crippen LogP contribution is 2.33. The SMILES string of the molecule is O=C(CCNS(=O)(=O)c1ccc(F)c(F)c1)N1CCC(c2nc3ccccc3s2)CC1. The fourth-order valence-electron chi connectivity index (χ4n) is 3.62. The number of likely N-dealkylation sites (tertiary alicyclic amines) is 1. The van der Waals surface area contributed by atoms with E-state index in [0.29, 0.717) is 25.1 Å². The number of sulfonamides is 1. The fraction of sp³-hybridized carbons (Fsp3) is 0.333. The molecule has 1 aliphatic rings. The summed E-state index contributed by atoms with van der Waals surface area (Å²) in [5, 5.41) is 1.09. The monoisotopic (exact) mass is 465 g/mol. The van der Waals surface area contributed by atoms with Crippen molar-refractivity contribution in [2.24, 2.45) is 0 Å². The summed E-state index contributed by atoms with van der Waals surface area (Å²) in [5.74, 6) is -2.19. The largest absolute Gasteiger partial charge is 0.343 e. The van der Waals surface area contributed by atoms with Crippen LogP contribution >= 0.6 is 11.3 Å². The van der Waals surface area contributed by atoms with Crippen LogP contribution in [-0.4, -0.2) is 43.8 Å². The minimum absolute atomic E-state index is 0.00525. The number of hydrogen-bond acceptors (Lipinski definition) is 5. The Bertz CT molecular complexity index is 1170. The molecule has 0 saturated carbocycles. The predicted octanol–water partition coefficient (Wildman–Crippen LogP) is 3.65. The fourth-order valence-corrected chi connectivity index (χ4v) is 5.80. The minimum Gasteiger partial charge on any atom is -0.343 e. The zero-order chi connectivity index (χ0) is 22.0. The first-order valence-corrected chi connectivity index (χ1v) is 12.2. The van der Waals surface area contributed by atoms with Crippen LogP contribution in [0.3, 0.4) is 0 Å². The topological polar surface area (TPSA) is 79.4 Å². The maximum absolute atomic E-state index is 13.3. The van der Waals surface area contributed by atoms with Crippen molar-refractivity contribution in [3.05, 3.63) is 59.1 Å². The molecule has 1 saturated heterocycles. The van der Waals surface area contributed by atoms with Crippen molar-refractivity contribution in [1.82, 2.24) is 14.6 Å². The number of thiazole rings is 1. The number of carbonyl (C=O) groups excluding carboxylic acids is 1. The third-order valence-electron chi connectivity index (χ3n) is 5.34. The molecule has 10 heteroatoms. The van der Waals surface area contributed by atoms with Crippen molar-refractivity contribution >= 4 is 37.5 Å². The van der Waals surface area contributed by atoms with E-state index in [1.807, 2.05) is 18.2 Å². The minimum atomic E-state index is -4.02. The van der Waals surface area contributed by atoms with Crippen molar-refractivity contribution in [1.29, 1.82) is 0 Å². The molecule has 164 valence electrons. The molecule has 0 radical (unpaired) electrons. The molecule has 6 nitrogen and oxygen atoms in total. The van der Waals surface area contributed by atoms with Gasteiger partial charge >= 0.3 is 0 Å². The molecular formula is C21H21F2N3O3S2. The summed E-state index contributed by atoms with van der Waals surface area (Å²) < 4.78 is 54.1. The third-order valence-corrected chi connectivity index (χ3v) is 8.00. The molecule has 0 aliphatic carbocycles. The molecule has 0 unspecified atom stereocenters. The van der Waals surface area contributed by atoms with Gasteiger partial charge in [-0.15, -0.1) is 11.3 Å². The number of benzene rings is 2. The van der Waals surface area contributed by atoms with Crippen LogP contribution < -0.4 is 4.72 Å². The van der Waals surface area contributed by atoms with Gasteiger partial charge in [0.25, 0.3) is 0 Å². The van der Waals surface area contributed by atoms with Crippen molar-refractivity contribution in [3.8, 4) is 0 Å². The van der Waals surface area contributed by atoms with Crippen LogP contribution in [0.5, 0.6) is 0 Å². The van der Waals surface area contributed by atoms with Gasteiger partial charge in [-0.25, -0.2) is 26.9 Å². The predicted molar refractivity (Wildman–Crippen MR) is 114 cm³/mol. The van der Waals surface area contributed by atoms with E-state index in [9.17, 15) is 22.0 Å². The number of amides is 1. The van der Waals surface area contributed by atoms with Crippen LogP contribution in [0.15, 0.2) is 47.4 Å². The number of para-hydroxylation sites is 1. The molecule has 4 rings (SSSR count). The molecule has 31 heavy (non-hydrogen) atoms. The Kier molecular flexibility index (Phi) is 6.31. The number of aromatic nitrogens is 1. The van der Waals surface area contributed by atoms with Gasteiger partial charge in [0.15, 0.2) is 11.6 Å². The summed E-state index contributed by atoms with van der Waals surface area (Å²) >= 11 is 1.69. The average Bonchev–Trinajstić information content (AvgIpc) is 3.20. The maximum Gasteiger partial charge on any atom is 0.240 e. The van der Waals surface area contributed by atoms with Crippen LogP contribution in [0.1, 0.15) is 30.2 Å². The molecule has 0 atom stereocenters. The van der Waals surface area contributed by atoms with E-state index in [1.54, 1.807) is 16.2 Å². The molecule has 2 aromatic carbocycles. The van der Waals surface area contributed by atoms with Gasteiger partial charge in [0, 0.05) is 32.0 Å². The molecule has 1 aliphatic heterocycles. The van der Waals surface area contributed by atoms with Gasteiger partial charge in [0.2, 0.25) is 15.9 Å². The Labute approximate surface area is 183 Å². The second-order valence-corrected chi connectivity index (χ2v) is 10.2. The molecule has 0 spiro atoms. The molecule has 1 amide bonds. The highest BCUT2D eigenvalue weighted by Gasteiger charge is 2.26. The van der Waals surface area contributed by atoms with Crippen molar-refractivity contribution in [2.75, 3.05) is 19.6 Å². The Morgan fingerprint density at radius 1 is 1.13 bits per heavy atom. The number of halogens is 2. The van der Waals surface area contributed by atoms with E-state index in [4.69, 9.17) is 4.98 Å². The van der Waals surface area contributed by atoms with Gasteiger partial charge in [-0.1, -0.05) is 12.1 Å². The van der Waals surface area contributed by atoms with Crippen molar-refractivity contribution in [2.45, 2.75) is 30.1 Å². The molecular weight excluding hydrogens is 444 g/mol. The van der Waals surface area contributed by atoms with Crippen LogP contribution in [-0.2, 0) is 14.8 Å². The molecule has 3 aromatic rings. The van der Waals surface area contributed by atoms with Gasteiger partial charge in [0.05, 0.1) is 20.1 Å². The summed E-state index contributed by atoms with van der Waals surface area (Å²) in [5.41, 5.74) is 0.995. The Balaban J connectivity index is 1.27. The first-order chi connectivity index (χ1) is 14.8.